The van der Waals surface area contributed by atoms with Crippen molar-refractivity contribution in [3.8, 4) is 0 Å². The summed E-state index contributed by atoms with van der Waals surface area (Å²) in [4.78, 5) is 2.45. The smallest absolute Gasteiger partial charge is 0.107 e. The van der Waals surface area contributed by atoms with E-state index in [4.69, 9.17) is 0 Å². The molecular weight excluding hydrogens is 321 g/mol. The Morgan fingerprint density at radius 3 is 2.31 bits per heavy atom. The molecule has 0 amide bonds. The van der Waals surface area contributed by atoms with Crippen LogP contribution in [0.5, 0.6) is 0 Å². The standard InChI is InChI=1S/C24H32FN/c1-19(26(2)18-17-20-7-4-3-5-8-20)11-12-21-13-15-22(16-14-21)23-9-6-10-24(23)25/h3-5,7-8,13-16,19,23-24H,6,9-12,17-18H2,1-2H3. The summed E-state index contributed by atoms with van der Waals surface area (Å²) in [6, 6.07) is 20.0. The minimum absolute atomic E-state index is 0.132. The lowest BCUT2D eigenvalue weighted by Crippen LogP contribution is -2.31. The predicted octanol–water partition coefficient (Wildman–Crippen LogP) is 5.79. The zero-order valence-corrected chi connectivity index (χ0v) is 16.2. The normalized spacial score (nSPS) is 21.2. The predicted molar refractivity (Wildman–Crippen MR) is 108 cm³/mol. The van der Waals surface area contributed by atoms with Crippen molar-refractivity contribution in [2.24, 2.45) is 0 Å². The van der Waals surface area contributed by atoms with Gasteiger partial charge >= 0.3 is 0 Å². The lowest BCUT2D eigenvalue weighted by Gasteiger charge is -2.25. The fourth-order valence-corrected chi connectivity index (χ4v) is 3.99. The van der Waals surface area contributed by atoms with Gasteiger partial charge in [-0.1, -0.05) is 54.6 Å². The molecule has 0 saturated heterocycles. The molecule has 1 saturated carbocycles. The topological polar surface area (TPSA) is 3.24 Å². The average Bonchev–Trinajstić information content (AvgIpc) is 3.11. The van der Waals surface area contributed by atoms with Crippen molar-refractivity contribution < 1.29 is 4.39 Å². The molecular formula is C24H32FN. The van der Waals surface area contributed by atoms with Crippen LogP contribution in [0.1, 0.15) is 55.2 Å². The van der Waals surface area contributed by atoms with E-state index in [1.54, 1.807) is 0 Å². The first-order valence-electron chi connectivity index (χ1n) is 10.1. The quantitative estimate of drug-likeness (QED) is 0.581. The number of likely N-dealkylation sites (N-methyl/N-ethyl adjacent to an activating group) is 1. The maximum atomic E-state index is 13.9. The van der Waals surface area contributed by atoms with E-state index < -0.39 is 6.17 Å². The van der Waals surface area contributed by atoms with Crippen LogP contribution in [0.4, 0.5) is 4.39 Å². The lowest BCUT2D eigenvalue weighted by molar-refractivity contribution is 0.249. The number of aryl methyl sites for hydroxylation is 1. The van der Waals surface area contributed by atoms with Crippen molar-refractivity contribution in [1.82, 2.24) is 4.90 Å². The zero-order valence-electron chi connectivity index (χ0n) is 16.2. The Bertz CT molecular complexity index is 652. The number of alkyl halides is 1. The monoisotopic (exact) mass is 353 g/mol. The Hall–Kier alpha value is -1.67. The summed E-state index contributed by atoms with van der Waals surface area (Å²) < 4.78 is 13.9. The summed E-state index contributed by atoms with van der Waals surface area (Å²) in [5.74, 6) is 0.132. The number of benzene rings is 2. The van der Waals surface area contributed by atoms with Crippen molar-refractivity contribution >= 4 is 0 Å². The molecule has 1 aliphatic rings. The van der Waals surface area contributed by atoms with Crippen molar-refractivity contribution in [2.45, 2.75) is 63.6 Å². The average molecular weight is 354 g/mol. The van der Waals surface area contributed by atoms with Gasteiger partial charge in [0.05, 0.1) is 0 Å². The largest absolute Gasteiger partial charge is 0.303 e. The number of halogens is 1. The summed E-state index contributed by atoms with van der Waals surface area (Å²) in [6.07, 6.45) is 5.46. The van der Waals surface area contributed by atoms with Gasteiger partial charge < -0.3 is 4.90 Å². The molecule has 1 fully saturated rings. The van der Waals surface area contributed by atoms with Gasteiger partial charge in [0.25, 0.3) is 0 Å². The number of rotatable bonds is 8. The second-order valence-electron chi connectivity index (χ2n) is 7.90. The third kappa shape index (κ3) is 5.17. The van der Waals surface area contributed by atoms with Gasteiger partial charge in [-0.2, -0.15) is 0 Å². The molecule has 26 heavy (non-hydrogen) atoms. The van der Waals surface area contributed by atoms with E-state index in [9.17, 15) is 4.39 Å². The Balaban J connectivity index is 1.44. The SMILES string of the molecule is CC(CCc1ccc(C2CCCC2F)cc1)N(C)CCc1ccccc1. The Labute approximate surface area is 158 Å². The van der Waals surface area contributed by atoms with Gasteiger partial charge in [0, 0.05) is 18.5 Å². The van der Waals surface area contributed by atoms with E-state index in [0.717, 1.165) is 45.1 Å². The first-order chi connectivity index (χ1) is 12.6. The van der Waals surface area contributed by atoms with Gasteiger partial charge in [0.2, 0.25) is 0 Å². The van der Waals surface area contributed by atoms with Crippen LogP contribution in [-0.4, -0.2) is 30.7 Å². The fourth-order valence-electron chi connectivity index (χ4n) is 3.99. The maximum Gasteiger partial charge on any atom is 0.107 e. The molecule has 0 radical (unpaired) electrons. The van der Waals surface area contributed by atoms with Crippen molar-refractivity contribution in [3.63, 3.8) is 0 Å². The second kappa shape index (κ2) is 9.32. The van der Waals surface area contributed by atoms with Crippen LogP contribution in [0.2, 0.25) is 0 Å². The van der Waals surface area contributed by atoms with Gasteiger partial charge in [-0.15, -0.1) is 0 Å². The number of hydrogen-bond acceptors (Lipinski definition) is 1. The molecule has 0 spiro atoms. The lowest BCUT2D eigenvalue weighted by atomic mass is 9.94. The second-order valence-corrected chi connectivity index (χ2v) is 7.90. The van der Waals surface area contributed by atoms with Crippen LogP contribution in [-0.2, 0) is 12.8 Å². The van der Waals surface area contributed by atoms with E-state index in [-0.39, 0.29) is 5.92 Å². The molecule has 2 aromatic carbocycles. The van der Waals surface area contributed by atoms with Gasteiger partial charge in [-0.25, -0.2) is 4.39 Å². The summed E-state index contributed by atoms with van der Waals surface area (Å²) in [7, 11) is 2.22. The van der Waals surface area contributed by atoms with Crippen LogP contribution in [0.3, 0.4) is 0 Å². The van der Waals surface area contributed by atoms with Gasteiger partial charge in [-0.3, -0.25) is 0 Å². The molecule has 3 atom stereocenters. The van der Waals surface area contributed by atoms with Crippen LogP contribution in [0.15, 0.2) is 54.6 Å². The number of hydrogen-bond donors (Lipinski definition) is 0. The molecule has 1 nitrogen and oxygen atoms in total. The molecule has 0 aliphatic heterocycles. The Morgan fingerprint density at radius 1 is 0.962 bits per heavy atom. The highest BCUT2D eigenvalue weighted by Crippen LogP contribution is 2.36. The minimum Gasteiger partial charge on any atom is -0.303 e. The Kier molecular flexibility index (Phi) is 6.85. The third-order valence-electron chi connectivity index (χ3n) is 6.04. The van der Waals surface area contributed by atoms with E-state index in [1.807, 2.05) is 0 Å². The summed E-state index contributed by atoms with van der Waals surface area (Å²) in [5.41, 5.74) is 3.96. The zero-order chi connectivity index (χ0) is 18.4. The number of nitrogens with zero attached hydrogens (tertiary/aromatic N) is 1. The summed E-state index contributed by atoms with van der Waals surface area (Å²) in [6.45, 7) is 3.40. The molecule has 2 heteroatoms. The molecule has 3 rings (SSSR count). The van der Waals surface area contributed by atoms with Gasteiger partial charge in [0.15, 0.2) is 0 Å². The minimum atomic E-state index is -0.640. The highest BCUT2D eigenvalue weighted by atomic mass is 19.1. The summed E-state index contributed by atoms with van der Waals surface area (Å²) in [5, 5.41) is 0. The molecule has 1 aliphatic carbocycles. The summed E-state index contributed by atoms with van der Waals surface area (Å²) >= 11 is 0. The molecule has 0 aromatic heterocycles. The van der Waals surface area contributed by atoms with E-state index in [0.29, 0.717) is 6.04 Å². The fraction of sp³-hybridized carbons (Fsp3) is 0.500. The van der Waals surface area contributed by atoms with Crippen LogP contribution < -0.4 is 0 Å². The highest BCUT2D eigenvalue weighted by molar-refractivity contribution is 5.27. The van der Waals surface area contributed by atoms with Crippen LogP contribution in [0, 0.1) is 0 Å². The molecule has 0 bridgehead atoms. The Morgan fingerprint density at radius 2 is 1.65 bits per heavy atom. The molecule has 0 N–H and O–H groups in total. The first kappa shape index (κ1) is 19.1. The first-order valence-corrected chi connectivity index (χ1v) is 10.1. The van der Waals surface area contributed by atoms with Crippen molar-refractivity contribution in [2.75, 3.05) is 13.6 Å². The highest BCUT2D eigenvalue weighted by Gasteiger charge is 2.28. The third-order valence-corrected chi connectivity index (χ3v) is 6.04. The molecule has 2 aromatic rings. The molecule has 3 unspecified atom stereocenters. The van der Waals surface area contributed by atoms with Gasteiger partial charge in [-0.05, 0) is 69.2 Å². The van der Waals surface area contributed by atoms with E-state index >= 15 is 0 Å². The van der Waals surface area contributed by atoms with Crippen molar-refractivity contribution in [3.05, 3.63) is 71.3 Å². The van der Waals surface area contributed by atoms with Crippen LogP contribution in [0.25, 0.3) is 0 Å². The van der Waals surface area contributed by atoms with Crippen LogP contribution >= 0.6 is 0 Å². The van der Waals surface area contributed by atoms with E-state index in [2.05, 4.69) is 73.5 Å². The molecule has 140 valence electrons. The molecule has 0 heterocycles. The maximum absolute atomic E-state index is 13.9. The van der Waals surface area contributed by atoms with E-state index in [1.165, 1.54) is 16.7 Å². The van der Waals surface area contributed by atoms with Gasteiger partial charge in [0.1, 0.15) is 6.17 Å². The van der Waals surface area contributed by atoms with Crippen molar-refractivity contribution in [1.29, 1.82) is 0 Å².